The van der Waals surface area contributed by atoms with Gasteiger partial charge in [-0.3, -0.25) is 4.79 Å². The van der Waals surface area contributed by atoms with Gasteiger partial charge in [0.25, 0.3) is 0 Å². The lowest BCUT2D eigenvalue weighted by atomic mass is 9.79. The number of benzene rings is 2. The second kappa shape index (κ2) is 9.33. The molecule has 0 spiro atoms. The molecule has 2 aromatic heterocycles. The number of carbonyl (C=O) groups excluding carboxylic acids is 1. The number of fused-ring (bicyclic) bond motifs is 1. The molecule has 1 aliphatic heterocycles. The topological polar surface area (TPSA) is 114 Å². The predicted molar refractivity (Wildman–Crippen MR) is 153 cm³/mol. The third kappa shape index (κ3) is 4.66. The van der Waals surface area contributed by atoms with Gasteiger partial charge in [0.15, 0.2) is 5.65 Å². The van der Waals surface area contributed by atoms with E-state index in [0.717, 1.165) is 16.7 Å². The maximum Gasteiger partial charge on any atom is 0.496 e. The molecule has 2 aromatic carbocycles. The maximum atomic E-state index is 13.7. The number of rotatable bonds is 6. The fourth-order valence-electron chi connectivity index (χ4n) is 4.86. The summed E-state index contributed by atoms with van der Waals surface area (Å²) >= 11 is 0. The third-order valence-electron chi connectivity index (χ3n) is 7.99. The number of pyridine rings is 1. The lowest BCUT2D eigenvalue weighted by Crippen LogP contribution is -2.41. The smallest absolute Gasteiger partial charge is 0.399 e. The Balaban J connectivity index is 1.71. The van der Waals surface area contributed by atoms with Crippen molar-refractivity contribution >= 4 is 39.5 Å². The van der Waals surface area contributed by atoms with Crippen molar-refractivity contribution in [2.24, 2.45) is 5.73 Å². The summed E-state index contributed by atoms with van der Waals surface area (Å²) in [4.78, 5) is 16.6. The monoisotopic (exact) mass is 545 g/mol. The van der Waals surface area contributed by atoms with Crippen LogP contribution in [-0.4, -0.2) is 41.6 Å². The van der Waals surface area contributed by atoms with E-state index in [4.69, 9.17) is 15.0 Å². The summed E-state index contributed by atoms with van der Waals surface area (Å²) in [6.07, 6.45) is 3.22. The molecule has 0 saturated carbocycles. The molecule has 5 rings (SSSR count). The summed E-state index contributed by atoms with van der Waals surface area (Å²) < 4.78 is 41.1. The molecule has 2 N–H and O–H groups in total. The van der Waals surface area contributed by atoms with Crippen molar-refractivity contribution in [3.05, 3.63) is 83.2 Å². The molecule has 0 unspecified atom stereocenters. The Bertz CT molecular complexity index is 1700. The van der Waals surface area contributed by atoms with Crippen molar-refractivity contribution in [3.63, 3.8) is 0 Å². The molecule has 202 valence electrons. The summed E-state index contributed by atoms with van der Waals surface area (Å²) in [5.41, 5.74) is 9.59. The van der Waals surface area contributed by atoms with E-state index in [1.54, 1.807) is 36.7 Å². The highest BCUT2D eigenvalue weighted by atomic mass is 32.2. The minimum atomic E-state index is -3.82. The van der Waals surface area contributed by atoms with E-state index >= 15 is 0 Å². The normalized spacial score (nSPS) is 16.6. The summed E-state index contributed by atoms with van der Waals surface area (Å²) in [6, 6.07) is 14.4. The molecule has 1 amide bonds. The highest BCUT2D eigenvalue weighted by Gasteiger charge is 2.52. The largest absolute Gasteiger partial charge is 0.496 e. The first-order valence-corrected chi connectivity index (χ1v) is 14.4. The van der Waals surface area contributed by atoms with Crippen molar-refractivity contribution in [1.29, 1.82) is 0 Å². The highest BCUT2D eigenvalue weighted by molar-refractivity contribution is 7.89. The van der Waals surface area contributed by atoms with Crippen LogP contribution in [0.4, 0.5) is 0 Å². The van der Waals surface area contributed by atoms with Crippen LogP contribution in [0.3, 0.4) is 0 Å². The van der Waals surface area contributed by atoms with Crippen LogP contribution in [0.2, 0.25) is 0 Å². The Morgan fingerprint density at radius 2 is 1.62 bits per heavy atom. The fourth-order valence-corrected chi connectivity index (χ4v) is 6.29. The molecule has 4 aromatic rings. The predicted octanol–water partition coefficient (Wildman–Crippen LogP) is 4.10. The molecule has 1 fully saturated rings. The number of primary amides is 1. The summed E-state index contributed by atoms with van der Waals surface area (Å²) in [5, 5.41) is 0.633. The lowest BCUT2D eigenvalue weighted by molar-refractivity contribution is 0.00578. The molecule has 0 atom stereocenters. The molecule has 0 bridgehead atoms. The second-order valence-corrected chi connectivity index (χ2v) is 12.9. The average molecular weight is 545 g/mol. The van der Waals surface area contributed by atoms with E-state index in [-0.39, 0.29) is 5.75 Å². The van der Waals surface area contributed by atoms with Crippen LogP contribution < -0.4 is 11.2 Å². The number of amides is 1. The first kappa shape index (κ1) is 27.1. The second-order valence-electron chi connectivity index (χ2n) is 11.1. The van der Waals surface area contributed by atoms with E-state index in [0.29, 0.717) is 33.2 Å². The zero-order chi connectivity index (χ0) is 28.3. The van der Waals surface area contributed by atoms with Crippen molar-refractivity contribution in [2.45, 2.75) is 58.5 Å². The summed E-state index contributed by atoms with van der Waals surface area (Å²) in [5.74, 6) is -0.698. The maximum absolute atomic E-state index is 13.7. The van der Waals surface area contributed by atoms with Crippen molar-refractivity contribution in [1.82, 2.24) is 8.96 Å². The molecule has 0 radical (unpaired) electrons. The van der Waals surface area contributed by atoms with E-state index in [2.05, 4.69) is 4.98 Å². The number of nitrogens with two attached hydrogens (primary N) is 1. The van der Waals surface area contributed by atoms with Gasteiger partial charge in [-0.25, -0.2) is 17.4 Å². The standard InChI is InChI=1S/C29H32BN3O5S/c1-18-19(2)23(26(31)34)13-12-22(18)25-16-33(39(35,36)17-20-10-8-7-9-11-20)27-24(25)14-21(15-32-27)30-37-28(3,4)29(5,6)38-30/h7-16H,17H2,1-6H3,(H2,31,34). The van der Waals surface area contributed by atoms with Gasteiger partial charge in [-0.05, 0) is 75.9 Å². The zero-order valence-corrected chi connectivity index (χ0v) is 23.8. The van der Waals surface area contributed by atoms with Gasteiger partial charge in [0.2, 0.25) is 15.9 Å². The molecule has 1 saturated heterocycles. The summed E-state index contributed by atoms with van der Waals surface area (Å²) in [7, 11) is -4.49. The van der Waals surface area contributed by atoms with E-state index < -0.39 is 34.3 Å². The van der Waals surface area contributed by atoms with Gasteiger partial charge in [0.05, 0.1) is 17.0 Å². The number of carbonyl (C=O) groups is 1. The Morgan fingerprint density at radius 3 is 2.23 bits per heavy atom. The van der Waals surface area contributed by atoms with Crippen molar-refractivity contribution < 1.29 is 22.5 Å². The fraction of sp³-hybridized carbons (Fsp3) is 0.310. The molecule has 0 aliphatic carbocycles. The average Bonchev–Trinajstić information content (AvgIpc) is 3.34. The van der Waals surface area contributed by atoms with Gasteiger partial charge in [0.1, 0.15) is 0 Å². The Morgan fingerprint density at radius 1 is 0.974 bits per heavy atom. The SMILES string of the molecule is Cc1c(C(N)=O)ccc(-c2cn(S(=O)(=O)Cc3ccccc3)c3ncc(B4OC(C)(C)C(C)(C)O4)cc23)c1C. The van der Waals surface area contributed by atoms with Gasteiger partial charge >= 0.3 is 7.12 Å². The highest BCUT2D eigenvalue weighted by Crippen LogP contribution is 2.38. The van der Waals surface area contributed by atoms with Gasteiger partial charge in [-0.15, -0.1) is 0 Å². The van der Waals surface area contributed by atoms with Crippen LogP contribution in [0.5, 0.6) is 0 Å². The zero-order valence-electron chi connectivity index (χ0n) is 23.0. The first-order chi connectivity index (χ1) is 18.2. The van der Waals surface area contributed by atoms with E-state index in [9.17, 15) is 13.2 Å². The van der Waals surface area contributed by atoms with Crippen LogP contribution in [0.25, 0.3) is 22.2 Å². The minimum Gasteiger partial charge on any atom is -0.399 e. The van der Waals surface area contributed by atoms with Crippen LogP contribution in [0.15, 0.2) is 60.9 Å². The number of hydrogen-bond donors (Lipinski definition) is 1. The molecule has 3 heterocycles. The first-order valence-electron chi connectivity index (χ1n) is 12.8. The number of nitrogens with zero attached hydrogens (tertiary/aromatic N) is 2. The molecule has 1 aliphatic rings. The Hall–Kier alpha value is -3.47. The lowest BCUT2D eigenvalue weighted by Gasteiger charge is -2.32. The minimum absolute atomic E-state index is 0.184. The molecule has 8 nitrogen and oxygen atoms in total. The van der Waals surface area contributed by atoms with Crippen LogP contribution in [0.1, 0.15) is 54.7 Å². The third-order valence-corrected chi connectivity index (χ3v) is 9.57. The van der Waals surface area contributed by atoms with Crippen LogP contribution in [-0.2, 0) is 25.1 Å². The quantitative estimate of drug-likeness (QED) is 0.365. The molecular weight excluding hydrogens is 513 g/mol. The van der Waals surface area contributed by atoms with Gasteiger partial charge < -0.3 is 15.0 Å². The molecule has 10 heteroatoms. The summed E-state index contributed by atoms with van der Waals surface area (Å²) in [6.45, 7) is 11.6. The van der Waals surface area contributed by atoms with E-state index in [1.165, 1.54) is 3.97 Å². The number of aromatic nitrogens is 2. The van der Waals surface area contributed by atoms with Crippen molar-refractivity contribution in [2.75, 3.05) is 0 Å². The van der Waals surface area contributed by atoms with Crippen LogP contribution in [0, 0.1) is 13.8 Å². The Labute approximate surface area is 229 Å². The van der Waals surface area contributed by atoms with Gasteiger partial charge in [0, 0.05) is 34.4 Å². The van der Waals surface area contributed by atoms with Crippen molar-refractivity contribution in [3.8, 4) is 11.1 Å². The van der Waals surface area contributed by atoms with E-state index in [1.807, 2.05) is 65.8 Å². The van der Waals surface area contributed by atoms with Crippen LogP contribution >= 0.6 is 0 Å². The van der Waals surface area contributed by atoms with Gasteiger partial charge in [-0.1, -0.05) is 36.4 Å². The number of hydrogen-bond acceptors (Lipinski definition) is 6. The van der Waals surface area contributed by atoms with Gasteiger partial charge in [-0.2, -0.15) is 0 Å². The molecular formula is C29H32BN3O5S. The Kier molecular flexibility index (Phi) is 6.48. The molecule has 39 heavy (non-hydrogen) atoms.